The van der Waals surface area contributed by atoms with Crippen LogP contribution in [-0.4, -0.2) is 39.2 Å². The van der Waals surface area contributed by atoms with E-state index in [0.29, 0.717) is 10.3 Å². The first-order valence-corrected chi connectivity index (χ1v) is 9.08. The van der Waals surface area contributed by atoms with Crippen LogP contribution in [0.2, 0.25) is 0 Å². The molecule has 8 heteroatoms. The quantitative estimate of drug-likeness (QED) is 0.909. The number of carbonyl (C=O) groups is 2. The van der Waals surface area contributed by atoms with Gasteiger partial charge in [-0.1, -0.05) is 30.0 Å². The lowest BCUT2D eigenvalue weighted by Crippen LogP contribution is -2.30. The van der Waals surface area contributed by atoms with E-state index in [1.54, 1.807) is 13.2 Å². The highest BCUT2D eigenvalue weighted by Crippen LogP contribution is 2.31. The molecule has 0 spiro atoms. The lowest BCUT2D eigenvalue weighted by molar-refractivity contribution is -0.127. The van der Waals surface area contributed by atoms with Crippen LogP contribution in [0.25, 0.3) is 0 Å². The highest BCUT2D eigenvalue weighted by Gasteiger charge is 2.37. The number of hydrogen-bond donors (Lipinski definition) is 1. The minimum Gasteiger partial charge on any atom is -0.326 e. The number of aliphatic imine (C=N–C) groups is 1. The largest absolute Gasteiger partial charge is 0.326 e. The number of thioether (sulfide) groups is 1. The zero-order valence-corrected chi connectivity index (χ0v) is 14.9. The molecule has 1 aliphatic rings. The van der Waals surface area contributed by atoms with Crippen LogP contribution in [0, 0.1) is 6.92 Å². The van der Waals surface area contributed by atoms with Crippen molar-refractivity contribution in [3.05, 3.63) is 41.4 Å². The molecule has 0 unspecified atom stereocenters. The summed E-state index contributed by atoms with van der Waals surface area (Å²) in [6.07, 6.45) is 1.78. The third-order valence-corrected chi connectivity index (χ3v) is 5.44. The van der Waals surface area contributed by atoms with Crippen LogP contribution in [-0.2, 0) is 9.59 Å². The van der Waals surface area contributed by atoms with Gasteiger partial charge in [0.2, 0.25) is 16.9 Å². The number of thiazole rings is 1. The molecule has 3 rings (SSSR count). The second kappa shape index (κ2) is 7.14. The van der Waals surface area contributed by atoms with Gasteiger partial charge in [0.25, 0.3) is 0 Å². The van der Waals surface area contributed by atoms with Crippen molar-refractivity contribution >= 4 is 50.9 Å². The molecule has 2 heterocycles. The molecule has 124 valence electrons. The van der Waals surface area contributed by atoms with Crippen LogP contribution in [0.15, 0.2) is 40.8 Å². The summed E-state index contributed by atoms with van der Waals surface area (Å²) in [6.45, 7) is 1.93. The van der Waals surface area contributed by atoms with Crippen molar-refractivity contribution in [1.29, 1.82) is 0 Å². The van der Waals surface area contributed by atoms with Crippen molar-refractivity contribution < 1.29 is 9.59 Å². The summed E-state index contributed by atoms with van der Waals surface area (Å²) in [4.78, 5) is 34.5. The van der Waals surface area contributed by atoms with Gasteiger partial charge in [-0.25, -0.2) is 4.98 Å². The Morgan fingerprint density at radius 1 is 1.42 bits per heavy atom. The first kappa shape index (κ1) is 16.7. The van der Waals surface area contributed by atoms with Crippen LogP contribution in [0.5, 0.6) is 0 Å². The molecule has 0 bridgehead atoms. The van der Waals surface area contributed by atoms with E-state index in [9.17, 15) is 9.59 Å². The van der Waals surface area contributed by atoms with E-state index in [0.717, 1.165) is 11.3 Å². The third kappa shape index (κ3) is 3.65. The molecule has 0 radical (unpaired) electrons. The van der Waals surface area contributed by atoms with E-state index in [1.165, 1.54) is 28.0 Å². The van der Waals surface area contributed by atoms with Crippen molar-refractivity contribution in [3.63, 3.8) is 0 Å². The number of hydrogen-bond acceptors (Lipinski definition) is 6. The maximum atomic E-state index is 12.3. The number of amidine groups is 1. The average molecular weight is 360 g/mol. The molecule has 2 amide bonds. The summed E-state index contributed by atoms with van der Waals surface area (Å²) < 4.78 is 0. The van der Waals surface area contributed by atoms with Gasteiger partial charge in [0.15, 0.2) is 5.17 Å². The zero-order chi connectivity index (χ0) is 17.1. The number of para-hydroxylation sites is 1. The molecule has 1 aromatic heterocycles. The van der Waals surface area contributed by atoms with Gasteiger partial charge in [0.05, 0.1) is 0 Å². The van der Waals surface area contributed by atoms with E-state index in [2.05, 4.69) is 15.3 Å². The Balaban J connectivity index is 1.66. The average Bonchev–Trinajstić information content (AvgIpc) is 3.15. The van der Waals surface area contributed by atoms with Crippen LogP contribution >= 0.6 is 23.1 Å². The van der Waals surface area contributed by atoms with Gasteiger partial charge in [0.1, 0.15) is 5.25 Å². The lowest BCUT2D eigenvalue weighted by atomic mass is 10.2. The second-order valence-corrected chi connectivity index (χ2v) is 7.32. The fourth-order valence-electron chi connectivity index (χ4n) is 2.23. The van der Waals surface area contributed by atoms with Crippen LogP contribution in [0.4, 0.5) is 10.8 Å². The fourth-order valence-corrected chi connectivity index (χ4v) is 3.93. The molecule has 24 heavy (non-hydrogen) atoms. The summed E-state index contributed by atoms with van der Waals surface area (Å²) in [5.41, 5.74) is 1.75. The molecule has 2 aromatic rings. The Hall–Kier alpha value is -2.19. The number of nitrogens with one attached hydrogen (secondary N) is 1. The first-order valence-electron chi connectivity index (χ1n) is 7.32. The van der Waals surface area contributed by atoms with Crippen LogP contribution in [0.1, 0.15) is 12.0 Å². The number of anilines is 1. The number of amides is 2. The molecule has 1 fully saturated rings. The van der Waals surface area contributed by atoms with Crippen molar-refractivity contribution in [2.45, 2.75) is 18.6 Å². The maximum absolute atomic E-state index is 12.3. The molecule has 1 saturated heterocycles. The Kier molecular flexibility index (Phi) is 4.96. The minimum atomic E-state index is -0.460. The predicted octanol–water partition coefficient (Wildman–Crippen LogP) is 3.04. The molecular formula is C16H16N4O2S2. The van der Waals surface area contributed by atoms with Gasteiger partial charge in [-0.15, -0.1) is 11.3 Å². The standard InChI is InChI=1S/C16H16N4O2S2/c1-10-5-3-4-6-11(10)18-13(21)9-12-14(22)20(2)16(24-12)19-15-17-7-8-23-15/h3-8,12H,9H2,1-2H3,(H,18,21)/t12-/m1/s1. The lowest BCUT2D eigenvalue weighted by Gasteiger charge is -2.10. The minimum absolute atomic E-state index is 0.110. The van der Waals surface area contributed by atoms with E-state index < -0.39 is 5.25 Å². The van der Waals surface area contributed by atoms with Gasteiger partial charge in [-0.05, 0) is 18.6 Å². The fraction of sp³-hybridized carbons (Fsp3) is 0.250. The topological polar surface area (TPSA) is 74.7 Å². The molecule has 0 aliphatic carbocycles. The predicted molar refractivity (Wildman–Crippen MR) is 97.8 cm³/mol. The van der Waals surface area contributed by atoms with Gasteiger partial charge in [-0.2, -0.15) is 4.99 Å². The van der Waals surface area contributed by atoms with Crippen molar-refractivity contribution in [1.82, 2.24) is 9.88 Å². The summed E-state index contributed by atoms with van der Waals surface area (Å²) in [5.74, 6) is -0.297. The number of carbonyl (C=O) groups excluding carboxylic acids is 2. The van der Waals surface area contributed by atoms with Gasteiger partial charge >= 0.3 is 0 Å². The Morgan fingerprint density at radius 2 is 2.21 bits per heavy atom. The van der Waals surface area contributed by atoms with Crippen LogP contribution in [0.3, 0.4) is 0 Å². The summed E-state index contributed by atoms with van der Waals surface area (Å²) >= 11 is 2.70. The molecule has 1 aromatic carbocycles. The van der Waals surface area contributed by atoms with Crippen LogP contribution < -0.4 is 5.32 Å². The van der Waals surface area contributed by atoms with Crippen molar-refractivity contribution in [2.75, 3.05) is 12.4 Å². The van der Waals surface area contributed by atoms with Gasteiger partial charge < -0.3 is 5.32 Å². The number of nitrogens with zero attached hydrogens (tertiary/aromatic N) is 3. The highest BCUT2D eigenvalue weighted by atomic mass is 32.2. The summed E-state index contributed by atoms with van der Waals surface area (Å²) in [6, 6.07) is 7.55. The first-order chi connectivity index (χ1) is 11.5. The molecule has 1 N–H and O–H groups in total. The molecule has 1 aliphatic heterocycles. The zero-order valence-electron chi connectivity index (χ0n) is 13.2. The molecule has 6 nitrogen and oxygen atoms in total. The Labute approximate surface area is 148 Å². The maximum Gasteiger partial charge on any atom is 0.242 e. The smallest absolute Gasteiger partial charge is 0.242 e. The van der Waals surface area contributed by atoms with Crippen molar-refractivity contribution in [2.24, 2.45) is 4.99 Å². The van der Waals surface area contributed by atoms with E-state index in [4.69, 9.17) is 0 Å². The SMILES string of the molecule is Cc1ccccc1NC(=O)C[C@H]1SC(=Nc2nccs2)N(C)C1=O. The number of aryl methyl sites for hydroxylation is 1. The molecule has 0 saturated carbocycles. The van der Waals surface area contributed by atoms with E-state index >= 15 is 0 Å². The molecular weight excluding hydrogens is 344 g/mol. The van der Waals surface area contributed by atoms with E-state index in [-0.39, 0.29) is 18.2 Å². The second-order valence-electron chi connectivity index (χ2n) is 5.28. The number of benzene rings is 1. The van der Waals surface area contributed by atoms with Gasteiger partial charge in [-0.3, -0.25) is 14.5 Å². The van der Waals surface area contributed by atoms with Gasteiger partial charge in [0, 0.05) is 30.7 Å². The highest BCUT2D eigenvalue weighted by molar-refractivity contribution is 8.15. The Bertz CT molecular complexity index is 789. The monoisotopic (exact) mass is 360 g/mol. The summed E-state index contributed by atoms with van der Waals surface area (Å²) in [7, 11) is 1.67. The summed E-state index contributed by atoms with van der Waals surface area (Å²) in [5, 5.41) is 5.40. The Morgan fingerprint density at radius 3 is 2.92 bits per heavy atom. The number of rotatable bonds is 4. The molecule has 1 atom stereocenters. The third-order valence-electron chi connectivity index (χ3n) is 3.54. The van der Waals surface area contributed by atoms with Crippen molar-refractivity contribution in [3.8, 4) is 0 Å². The normalized spacial score (nSPS) is 19.1. The van der Waals surface area contributed by atoms with E-state index in [1.807, 2.05) is 36.6 Å². The number of aromatic nitrogens is 1.